The number of hydrogen-bond donors (Lipinski definition) is 2. The molecule has 0 unspecified atom stereocenters. The molecule has 15 heavy (non-hydrogen) atoms. The zero-order valence-corrected chi connectivity index (χ0v) is 8.95. The summed E-state index contributed by atoms with van der Waals surface area (Å²) in [6.45, 7) is 4.96. The molecule has 0 aromatic heterocycles. The van der Waals surface area contributed by atoms with Crippen LogP contribution in [0.5, 0.6) is 0 Å². The summed E-state index contributed by atoms with van der Waals surface area (Å²) in [6, 6.07) is 0.137. The minimum Gasteiger partial charge on any atom is -0.465 e. The van der Waals surface area contributed by atoms with E-state index in [1.807, 2.05) is 0 Å². The van der Waals surface area contributed by atoms with E-state index in [0.29, 0.717) is 12.5 Å². The summed E-state index contributed by atoms with van der Waals surface area (Å²) in [5, 5.41) is 11.1. The molecular formula is C11H19NO3. The molecule has 0 saturated heterocycles. The minimum atomic E-state index is -0.915. The van der Waals surface area contributed by atoms with E-state index in [-0.39, 0.29) is 6.04 Å². The quantitative estimate of drug-likeness (QED) is 0.542. The third-order valence-electron chi connectivity index (χ3n) is 2.76. The highest BCUT2D eigenvalue weighted by molar-refractivity contribution is 5.64. The van der Waals surface area contributed by atoms with Gasteiger partial charge in [0.1, 0.15) is 0 Å². The highest BCUT2D eigenvalue weighted by Gasteiger charge is 2.21. The van der Waals surface area contributed by atoms with Gasteiger partial charge in [-0.1, -0.05) is 6.08 Å². The van der Waals surface area contributed by atoms with Crippen molar-refractivity contribution in [2.24, 2.45) is 5.92 Å². The van der Waals surface area contributed by atoms with Crippen molar-refractivity contribution in [1.82, 2.24) is 5.32 Å². The first-order valence-corrected chi connectivity index (χ1v) is 5.40. The SMILES string of the molecule is C=CCOC[C@H]1CC[C@H](NC(=O)O)CC1. The highest BCUT2D eigenvalue weighted by atomic mass is 16.5. The average Bonchev–Trinajstić information content (AvgIpc) is 2.20. The molecule has 1 saturated carbocycles. The fraction of sp³-hybridized carbons (Fsp3) is 0.727. The van der Waals surface area contributed by atoms with Gasteiger partial charge in [-0.05, 0) is 31.6 Å². The van der Waals surface area contributed by atoms with Gasteiger partial charge in [-0.15, -0.1) is 6.58 Å². The maximum Gasteiger partial charge on any atom is 0.404 e. The Labute approximate surface area is 90.3 Å². The molecule has 0 heterocycles. The molecule has 0 atom stereocenters. The van der Waals surface area contributed by atoms with Crippen LogP contribution in [-0.4, -0.2) is 30.5 Å². The van der Waals surface area contributed by atoms with Crippen molar-refractivity contribution in [3.05, 3.63) is 12.7 Å². The molecule has 0 aliphatic heterocycles. The molecule has 1 aliphatic rings. The molecule has 1 rings (SSSR count). The van der Waals surface area contributed by atoms with Crippen molar-refractivity contribution in [3.63, 3.8) is 0 Å². The lowest BCUT2D eigenvalue weighted by Crippen LogP contribution is -2.37. The number of amides is 1. The van der Waals surface area contributed by atoms with Gasteiger partial charge in [0.25, 0.3) is 0 Å². The molecule has 4 heteroatoms. The number of ether oxygens (including phenoxy) is 1. The number of rotatable bonds is 5. The number of carboxylic acid groups (broad SMARTS) is 1. The molecule has 86 valence electrons. The van der Waals surface area contributed by atoms with Gasteiger partial charge in [0, 0.05) is 12.6 Å². The molecule has 1 aliphatic carbocycles. The van der Waals surface area contributed by atoms with Crippen molar-refractivity contribution >= 4 is 6.09 Å². The Morgan fingerprint density at radius 3 is 2.67 bits per heavy atom. The lowest BCUT2D eigenvalue weighted by atomic mass is 9.86. The second-order valence-corrected chi connectivity index (χ2v) is 3.99. The van der Waals surface area contributed by atoms with Crippen molar-refractivity contribution in [1.29, 1.82) is 0 Å². The number of nitrogens with one attached hydrogen (secondary N) is 1. The first-order valence-electron chi connectivity index (χ1n) is 5.40. The monoisotopic (exact) mass is 213 g/mol. The molecule has 4 nitrogen and oxygen atoms in total. The van der Waals surface area contributed by atoms with Crippen LogP contribution in [0.15, 0.2) is 12.7 Å². The minimum absolute atomic E-state index is 0.137. The molecule has 0 aromatic rings. The predicted molar refractivity (Wildman–Crippen MR) is 57.9 cm³/mol. The maximum atomic E-state index is 10.4. The lowest BCUT2D eigenvalue weighted by molar-refractivity contribution is 0.0995. The van der Waals surface area contributed by atoms with Crippen LogP contribution in [0.2, 0.25) is 0 Å². The van der Waals surface area contributed by atoms with Crippen molar-refractivity contribution in [3.8, 4) is 0 Å². The Hall–Kier alpha value is -1.03. The van der Waals surface area contributed by atoms with Crippen molar-refractivity contribution < 1.29 is 14.6 Å². The number of carbonyl (C=O) groups is 1. The fourth-order valence-corrected chi connectivity index (χ4v) is 1.97. The average molecular weight is 213 g/mol. The molecule has 2 N–H and O–H groups in total. The van der Waals surface area contributed by atoms with E-state index in [1.54, 1.807) is 6.08 Å². The van der Waals surface area contributed by atoms with Gasteiger partial charge in [0.2, 0.25) is 0 Å². The molecule has 0 bridgehead atoms. The van der Waals surface area contributed by atoms with Crippen LogP contribution in [0.3, 0.4) is 0 Å². The molecular weight excluding hydrogens is 194 g/mol. The van der Waals surface area contributed by atoms with Crippen molar-refractivity contribution in [2.75, 3.05) is 13.2 Å². The van der Waals surface area contributed by atoms with E-state index in [0.717, 1.165) is 32.3 Å². The summed E-state index contributed by atoms with van der Waals surface area (Å²) >= 11 is 0. The smallest absolute Gasteiger partial charge is 0.404 e. The van der Waals surface area contributed by atoms with Crippen molar-refractivity contribution in [2.45, 2.75) is 31.7 Å². The van der Waals surface area contributed by atoms with E-state index in [1.165, 1.54) is 0 Å². The normalized spacial score (nSPS) is 25.9. The summed E-state index contributed by atoms with van der Waals surface area (Å²) in [4.78, 5) is 10.4. The fourth-order valence-electron chi connectivity index (χ4n) is 1.97. The third kappa shape index (κ3) is 4.83. The van der Waals surface area contributed by atoms with E-state index in [9.17, 15) is 4.79 Å². The Morgan fingerprint density at radius 2 is 2.13 bits per heavy atom. The van der Waals surface area contributed by atoms with Gasteiger partial charge in [0.15, 0.2) is 0 Å². The van der Waals surface area contributed by atoms with E-state index < -0.39 is 6.09 Å². The topological polar surface area (TPSA) is 58.6 Å². The van der Waals surface area contributed by atoms with E-state index >= 15 is 0 Å². The second kappa shape index (κ2) is 6.45. The van der Waals surface area contributed by atoms with Crippen LogP contribution in [0.25, 0.3) is 0 Å². The summed E-state index contributed by atoms with van der Waals surface area (Å²) in [7, 11) is 0. The van der Waals surface area contributed by atoms with Gasteiger partial charge >= 0.3 is 6.09 Å². The molecule has 1 fully saturated rings. The summed E-state index contributed by atoms with van der Waals surface area (Å²) in [5.74, 6) is 0.580. The van der Waals surface area contributed by atoms with Crippen LogP contribution < -0.4 is 5.32 Å². The van der Waals surface area contributed by atoms with E-state index in [2.05, 4.69) is 11.9 Å². The molecule has 0 spiro atoms. The van der Waals surface area contributed by atoms with E-state index in [4.69, 9.17) is 9.84 Å². The van der Waals surface area contributed by atoms with Crippen LogP contribution in [0, 0.1) is 5.92 Å². The first kappa shape index (κ1) is 12.0. The Bertz CT molecular complexity index is 210. The largest absolute Gasteiger partial charge is 0.465 e. The second-order valence-electron chi connectivity index (χ2n) is 3.99. The highest BCUT2D eigenvalue weighted by Crippen LogP contribution is 2.24. The predicted octanol–water partition coefficient (Wildman–Crippen LogP) is 2.02. The number of hydrogen-bond acceptors (Lipinski definition) is 2. The lowest BCUT2D eigenvalue weighted by Gasteiger charge is -2.27. The zero-order chi connectivity index (χ0) is 11.1. The summed E-state index contributed by atoms with van der Waals surface area (Å²) < 4.78 is 5.38. The van der Waals surface area contributed by atoms with Crippen LogP contribution in [-0.2, 0) is 4.74 Å². The Kier molecular flexibility index (Phi) is 5.18. The third-order valence-corrected chi connectivity index (χ3v) is 2.76. The van der Waals surface area contributed by atoms with Gasteiger partial charge in [-0.3, -0.25) is 0 Å². The van der Waals surface area contributed by atoms with Gasteiger partial charge in [-0.2, -0.15) is 0 Å². The van der Waals surface area contributed by atoms with Gasteiger partial charge in [0.05, 0.1) is 6.61 Å². The van der Waals surface area contributed by atoms with Gasteiger partial charge < -0.3 is 15.2 Å². The zero-order valence-electron chi connectivity index (χ0n) is 8.95. The summed E-state index contributed by atoms with van der Waals surface area (Å²) in [5.41, 5.74) is 0. The van der Waals surface area contributed by atoms with Gasteiger partial charge in [-0.25, -0.2) is 4.79 Å². The van der Waals surface area contributed by atoms with Crippen LogP contribution in [0.1, 0.15) is 25.7 Å². The van der Waals surface area contributed by atoms with Crippen LogP contribution in [0.4, 0.5) is 4.79 Å². The molecule has 0 radical (unpaired) electrons. The van der Waals surface area contributed by atoms with Crippen LogP contribution >= 0.6 is 0 Å². The Balaban J connectivity index is 2.12. The first-order chi connectivity index (χ1) is 7.22. The summed E-state index contributed by atoms with van der Waals surface area (Å²) in [6.07, 6.45) is 4.77. The maximum absolute atomic E-state index is 10.4. The molecule has 1 amide bonds. The molecule has 0 aromatic carbocycles. The Morgan fingerprint density at radius 1 is 1.47 bits per heavy atom. The standard InChI is InChI=1S/C11H19NO3/c1-2-7-15-8-9-3-5-10(6-4-9)12-11(13)14/h2,9-10,12H,1,3-8H2,(H,13,14)/t9-,10-.